The van der Waals surface area contributed by atoms with Crippen LogP contribution >= 0.6 is 34.8 Å². The molecule has 6 heterocycles. The number of imidazole rings is 3. The largest absolute Gasteiger partial charge is 0.506 e. The summed E-state index contributed by atoms with van der Waals surface area (Å²) in [6.45, 7) is 0. The van der Waals surface area contributed by atoms with E-state index in [1.54, 1.807) is 92.4 Å². The molecular formula is C77H59Cl3F6N12O7. The number of aromatic nitrogens is 6. The Hall–Kier alpha value is -11.5. The van der Waals surface area contributed by atoms with Crippen molar-refractivity contribution in [2.75, 3.05) is 16.0 Å². The van der Waals surface area contributed by atoms with Gasteiger partial charge in [0.05, 0.1) is 78.4 Å². The highest BCUT2D eigenvalue weighted by Crippen LogP contribution is 2.42. The van der Waals surface area contributed by atoms with Crippen LogP contribution in [-0.2, 0) is 67.1 Å². The number of aromatic hydroxyl groups is 1. The number of aryl methyl sites for hydroxylation is 3. The fraction of sp³-hybridized carbons (Fsp3) is 0.182. The average Bonchev–Trinajstić information content (AvgIpc) is 1.67. The van der Waals surface area contributed by atoms with E-state index in [4.69, 9.17) is 39.8 Å². The number of amides is 3. The smallest absolute Gasteiger partial charge is 0.416 e. The molecule has 0 radical (unpaired) electrons. The number of carbonyl (C=O) groups excluding carboxylic acids is 3. The standard InChI is InChI=1S/C27H23ClN4O2.C25H18ClF3N4O3.C25H18ClF3N4O2/c1-32-24-11-8-18(13-22(24)31-27(32)34)25-20-14-19(28)9-10-21(20)30-26(33)23(29-25)12-15-2-4-16(5-3-15)17-6-7-17;1-33-19-7-6-13(9-17(19)31-24(33)36)21-15-10-14(26)11-20(34)22(15)32-23(35)18(30-21)8-12-4-2-3-5-16(12)25(27,28)29;1-33-21-9-6-14(11-19(21)32-24(33)35)22-16-12-15(26)7-8-18(16)31-23(34)20(30-22)10-13-4-2-3-5-17(13)25(27,28)29/h2-5,8-11,13-14,17,23H,6-7,12H2,1H3,(H,30,33)(H,31,34);2-7,9-11,18,34H,8H2,1H3,(H,31,36)(H,32,35);2-9,11-12,20H,10H2,1H3,(H,31,34)(H,32,35). The molecule has 12 aromatic rings. The van der Waals surface area contributed by atoms with Crippen molar-refractivity contribution in [1.29, 1.82) is 0 Å². The molecule has 28 heteroatoms. The molecule has 9 aromatic carbocycles. The fourth-order valence-corrected chi connectivity index (χ4v) is 13.8. The number of rotatable bonds is 10. The Morgan fingerprint density at radius 1 is 0.438 bits per heavy atom. The Labute approximate surface area is 606 Å². The monoisotopic (exact) mass is 1480 g/mol. The minimum atomic E-state index is -4.61. The normalized spacial score (nSPS) is 16.5. The Kier molecular flexibility index (Phi) is 18.7. The molecule has 3 amide bonds. The number of hydrogen-bond donors (Lipinski definition) is 7. The van der Waals surface area contributed by atoms with Gasteiger partial charge in [0.1, 0.15) is 23.9 Å². The number of benzodiazepines with no additional fused rings is 3. The fourth-order valence-electron chi connectivity index (χ4n) is 13.2. The maximum absolute atomic E-state index is 13.6. The number of halogens is 9. The molecule has 1 aliphatic carbocycles. The molecule has 0 spiro atoms. The first-order chi connectivity index (χ1) is 50.1. The van der Waals surface area contributed by atoms with Crippen molar-refractivity contribution in [3.8, 4) is 5.75 Å². The number of benzene rings is 9. The van der Waals surface area contributed by atoms with Gasteiger partial charge in [-0.1, -0.05) is 114 Å². The molecule has 0 bridgehead atoms. The van der Waals surface area contributed by atoms with Crippen molar-refractivity contribution in [1.82, 2.24) is 28.7 Å². The van der Waals surface area contributed by atoms with E-state index in [9.17, 15) is 60.2 Å². The van der Waals surface area contributed by atoms with Crippen molar-refractivity contribution in [2.24, 2.45) is 36.1 Å². The predicted molar refractivity (Wildman–Crippen MR) is 393 cm³/mol. The molecule has 1 fully saturated rings. The Balaban J connectivity index is 0.000000133. The van der Waals surface area contributed by atoms with Crippen LogP contribution in [0.4, 0.5) is 43.4 Å². The van der Waals surface area contributed by atoms with Gasteiger partial charge in [-0.2, -0.15) is 26.3 Å². The van der Waals surface area contributed by atoms with Crippen LogP contribution in [-0.4, -0.2) is 86.7 Å². The molecule has 105 heavy (non-hydrogen) atoms. The van der Waals surface area contributed by atoms with E-state index in [2.05, 4.69) is 65.2 Å². The highest BCUT2D eigenvalue weighted by Gasteiger charge is 2.38. The molecule has 532 valence electrons. The number of phenols is 1. The van der Waals surface area contributed by atoms with Crippen molar-refractivity contribution in [3.63, 3.8) is 0 Å². The lowest BCUT2D eigenvalue weighted by molar-refractivity contribution is -0.139. The second kappa shape index (κ2) is 27.9. The minimum Gasteiger partial charge on any atom is -0.506 e. The lowest BCUT2D eigenvalue weighted by Crippen LogP contribution is -2.28. The topological polar surface area (TPSA) is 258 Å². The Bertz CT molecular complexity index is 5840. The first-order valence-corrected chi connectivity index (χ1v) is 34.0. The van der Waals surface area contributed by atoms with Gasteiger partial charge < -0.3 is 36.0 Å². The summed E-state index contributed by atoms with van der Waals surface area (Å²) in [4.78, 5) is 98.1. The van der Waals surface area contributed by atoms with Gasteiger partial charge in [0.25, 0.3) is 0 Å². The van der Waals surface area contributed by atoms with E-state index < -0.39 is 53.4 Å². The lowest BCUT2D eigenvalue weighted by Gasteiger charge is -2.16. The molecule has 3 unspecified atom stereocenters. The van der Waals surface area contributed by atoms with Gasteiger partial charge in [-0.3, -0.25) is 43.1 Å². The molecule has 3 aromatic heterocycles. The number of phenolic OH excluding ortho intramolecular Hbond substituents is 1. The lowest BCUT2D eigenvalue weighted by atomic mass is 9.98. The van der Waals surface area contributed by atoms with Crippen LogP contribution in [0.5, 0.6) is 5.75 Å². The number of aromatic amines is 3. The van der Waals surface area contributed by atoms with E-state index in [-0.39, 0.29) is 74.7 Å². The van der Waals surface area contributed by atoms with Crippen LogP contribution in [0.2, 0.25) is 15.1 Å². The number of carbonyl (C=O) groups is 3. The molecule has 0 saturated heterocycles. The number of anilines is 3. The molecule has 3 atom stereocenters. The summed E-state index contributed by atoms with van der Waals surface area (Å²) in [6.07, 6.45) is -6.75. The number of aliphatic imine (C=N–C) groups is 3. The summed E-state index contributed by atoms with van der Waals surface area (Å²) in [5.41, 5.74) is 9.55. The molecule has 16 rings (SSSR count). The average molecular weight is 1480 g/mol. The van der Waals surface area contributed by atoms with Crippen molar-refractivity contribution in [3.05, 3.63) is 289 Å². The van der Waals surface area contributed by atoms with E-state index in [1.807, 2.05) is 24.3 Å². The highest BCUT2D eigenvalue weighted by molar-refractivity contribution is 6.33. The van der Waals surface area contributed by atoms with Crippen molar-refractivity contribution in [2.45, 2.75) is 68.5 Å². The van der Waals surface area contributed by atoms with Gasteiger partial charge in [-0.15, -0.1) is 0 Å². The van der Waals surface area contributed by atoms with Gasteiger partial charge in [-0.05, 0) is 132 Å². The summed E-state index contributed by atoms with van der Waals surface area (Å²) >= 11 is 18.7. The molecule has 19 nitrogen and oxygen atoms in total. The quantitative estimate of drug-likeness (QED) is 0.0514. The van der Waals surface area contributed by atoms with Gasteiger partial charge in [0.15, 0.2) is 0 Å². The van der Waals surface area contributed by atoms with Gasteiger partial charge in [-0.25, -0.2) is 14.4 Å². The van der Waals surface area contributed by atoms with Crippen LogP contribution in [0.25, 0.3) is 33.1 Å². The van der Waals surface area contributed by atoms with E-state index >= 15 is 0 Å². The summed E-state index contributed by atoms with van der Waals surface area (Å²) in [7, 11) is 4.97. The van der Waals surface area contributed by atoms with E-state index in [0.29, 0.717) is 89.5 Å². The number of nitrogens with zero attached hydrogens (tertiary/aromatic N) is 6. The maximum Gasteiger partial charge on any atom is 0.416 e. The zero-order chi connectivity index (χ0) is 74.1. The van der Waals surface area contributed by atoms with Gasteiger partial charge >= 0.3 is 29.4 Å². The minimum absolute atomic E-state index is 0.0323. The van der Waals surface area contributed by atoms with Crippen LogP contribution in [0.3, 0.4) is 0 Å². The second-order valence-corrected chi connectivity index (χ2v) is 27.1. The Morgan fingerprint density at radius 3 is 1.23 bits per heavy atom. The third-order valence-electron chi connectivity index (χ3n) is 18.8. The van der Waals surface area contributed by atoms with Crippen molar-refractivity contribution < 1.29 is 45.8 Å². The van der Waals surface area contributed by atoms with Crippen LogP contribution < -0.4 is 33.0 Å². The van der Waals surface area contributed by atoms with E-state index in [0.717, 1.165) is 34.3 Å². The summed E-state index contributed by atoms with van der Waals surface area (Å²) < 4.78 is 86.0. The summed E-state index contributed by atoms with van der Waals surface area (Å²) in [5.74, 6) is -0.994. The number of fused-ring (bicyclic) bond motifs is 6. The molecule has 1 saturated carbocycles. The summed E-state index contributed by atoms with van der Waals surface area (Å²) in [6, 6.07) is 44.6. The molecule has 4 aliphatic rings. The molecule has 3 aliphatic heterocycles. The first-order valence-electron chi connectivity index (χ1n) is 32.9. The zero-order valence-corrected chi connectivity index (χ0v) is 57.8. The van der Waals surface area contributed by atoms with Gasteiger partial charge in [0, 0.05) is 94.9 Å². The predicted octanol–water partition coefficient (Wildman–Crippen LogP) is 14.4. The SMILES string of the molecule is Cn1c(=O)[nH]c2cc(C3=NC(Cc4ccc(C5CC5)cc4)C(=O)Nc4ccc(Cl)cc43)ccc21.Cn1c(=O)[nH]c2cc(C3=NC(Cc4ccccc4C(F)(F)F)C(=O)Nc4c(O)cc(Cl)cc43)ccc21.Cn1c(=O)[nH]c2cc(C3=NC(Cc4ccccc4C(F)(F)F)C(=O)Nc4ccc(Cl)cc43)ccc21. The number of alkyl halides is 6. The Morgan fingerprint density at radius 2 is 0.819 bits per heavy atom. The first kappa shape index (κ1) is 70.5. The number of hydrogen-bond acceptors (Lipinski definition) is 10. The highest BCUT2D eigenvalue weighted by atomic mass is 35.5. The van der Waals surface area contributed by atoms with Crippen molar-refractivity contribution >= 4 is 120 Å². The van der Waals surface area contributed by atoms with Gasteiger partial charge in [0.2, 0.25) is 17.7 Å². The molecular weight excluding hydrogens is 1430 g/mol. The van der Waals surface area contributed by atoms with Crippen LogP contribution in [0.15, 0.2) is 205 Å². The molecule has 7 N–H and O–H groups in total. The third-order valence-corrected chi connectivity index (χ3v) is 19.5. The maximum atomic E-state index is 13.6. The third kappa shape index (κ3) is 14.5. The second-order valence-electron chi connectivity index (χ2n) is 25.8. The van der Waals surface area contributed by atoms with Crippen LogP contribution in [0, 0.1) is 0 Å². The summed E-state index contributed by atoms with van der Waals surface area (Å²) in [5, 5.41) is 20.1. The van der Waals surface area contributed by atoms with Crippen LogP contribution in [0.1, 0.15) is 85.5 Å². The number of nitrogens with one attached hydrogen (secondary N) is 6. The van der Waals surface area contributed by atoms with E-state index in [1.165, 1.54) is 76.1 Å². The zero-order valence-electron chi connectivity index (χ0n) is 55.6. The number of H-pyrrole nitrogens is 3.